The molecule has 0 unspecified atom stereocenters. The van der Waals surface area contributed by atoms with Crippen LogP contribution in [0.3, 0.4) is 0 Å². The summed E-state index contributed by atoms with van der Waals surface area (Å²) in [4.78, 5) is 0. The molecule has 0 radical (unpaired) electrons. The molecule has 0 saturated carbocycles. The normalized spacial score (nSPS) is 9.20. The Balaban J connectivity index is 0.000000112. The Bertz CT molecular complexity index is 215. The van der Waals surface area contributed by atoms with Gasteiger partial charge < -0.3 is 11.5 Å². The molecule has 52 valence electrons. The smallest absolute Gasteiger partial charge is 0.160 e. The molecule has 0 amide bonds. The van der Waals surface area contributed by atoms with Crippen LogP contribution in [0.2, 0.25) is 0 Å². The highest BCUT2D eigenvalue weighted by Crippen LogP contribution is 2.29. The van der Waals surface area contributed by atoms with Crippen LogP contribution in [0.1, 0.15) is 0 Å². The summed E-state index contributed by atoms with van der Waals surface area (Å²) < 4.78 is 0. The first-order chi connectivity index (χ1) is 4.70. The first-order valence-electron chi connectivity index (χ1n) is 2.85. The third kappa shape index (κ3) is 1.45. The summed E-state index contributed by atoms with van der Waals surface area (Å²) in [6.45, 7) is 0. The van der Waals surface area contributed by atoms with Crippen LogP contribution in [0, 0.1) is 0 Å². The van der Waals surface area contributed by atoms with E-state index in [-0.39, 0.29) is 5.11 Å². The minimum Gasteiger partial charge on any atom is -0.377 e. The van der Waals surface area contributed by atoms with Crippen molar-refractivity contribution in [1.29, 1.82) is 0 Å². The van der Waals surface area contributed by atoms with E-state index in [0.717, 1.165) is 0 Å². The lowest BCUT2D eigenvalue weighted by Crippen LogP contribution is -2.18. The zero-order valence-electron chi connectivity index (χ0n) is 5.37. The van der Waals surface area contributed by atoms with Gasteiger partial charge in [-0.1, -0.05) is 24.3 Å². The van der Waals surface area contributed by atoms with E-state index in [2.05, 4.69) is 48.0 Å². The van der Waals surface area contributed by atoms with Gasteiger partial charge in [0, 0.05) is 0 Å². The Morgan fingerprint density at radius 2 is 1.20 bits per heavy atom. The van der Waals surface area contributed by atoms with Gasteiger partial charge in [0.25, 0.3) is 0 Å². The molecule has 2 aliphatic rings. The molecule has 0 saturated heterocycles. The van der Waals surface area contributed by atoms with E-state index in [4.69, 9.17) is 0 Å². The predicted molar refractivity (Wildman–Crippen MR) is 46.4 cm³/mol. The van der Waals surface area contributed by atoms with E-state index < -0.39 is 0 Å². The van der Waals surface area contributed by atoms with Crippen molar-refractivity contribution in [2.24, 2.45) is 11.5 Å². The van der Waals surface area contributed by atoms with Crippen molar-refractivity contribution in [3.8, 4) is 11.1 Å². The van der Waals surface area contributed by atoms with Gasteiger partial charge in [-0.2, -0.15) is 0 Å². The van der Waals surface area contributed by atoms with Crippen molar-refractivity contribution in [2.45, 2.75) is 0 Å². The monoisotopic (exact) mass is 152 g/mol. The zero-order valence-corrected chi connectivity index (χ0v) is 6.19. The summed E-state index contributed by atoms with van der Waals surface area (Å²) in [5.74, 6) is 0. The minimum absolute atomic E-state index is 0.000000000000000222. The van der Waals surface area contributed by atoms with Gasteiger partial charge in [0.05, 0.1) is 0 Å². The molecule has 0 aromatic heterocycles. The summed E-state index contributed by atoms with van der Waals surface area (Å²) in [5.41, 5.74) is 12.1. The third-order valence-electron chi connectivity index (χ3n) is 1.22. The average Bonchev–Trinajstić information content (AvgIpc) is 1.77. The van der Waals surface area contributed by atoms with Crippen molar-refractivity contribution in [2.75, 3.05) is 0 Å². The van der Waals surface area contributed by atoms with E-state index in [0.29, 0.717) is 0 Å². The quantitative estimate of drug-likeness (QED) is 0.550. The summed E-state index contributed by atoms with van der Waals surface area (Å²) in [5, 5.41) is 0.000000000000000222. The lowest BCUT2D eigenvalue weighted by atomic mass is 9.95. The second-order valence-corrected chi connectivity index (χ2v) is 2.45. The molecule has 2 aliphatic carbocycles. The number of hydrogen-bond donors (Lipinski definition) is 2. The fraction of sp³-hybridized carbons (Fsp3) is 0. The van der Waals surface area contributed by atoms with Gasteiger partial charge in [0.2, 0.25) is 0 Å². The largest absolute Gasteiger partial charge is 0.377 e. The van der Waals surface area contributed by atoms with Crippen LogP contribution in [0.25, 0.3) is 11.1 Å². The summed E-state index contributed by atoms with van der Waals surface area (Å²) >= 11 is 4.09. The van der Waals surface area contributed by atoms with E-state index >= 15 is 0 Å². The van der Waals surface area contributed by atoms with Gasteiger partial charge in [0.1, 0.15) is 0 Å². The Morgan fingerprint density at radius 3 is 1.20 bits per heavy atom. The van der Waals surface area contributed by atoms with Crippen molar-refractivity contribution >= 4 is 17.3 Å². The number of nitrogens with two attached hydrogens (primary N) is 2. The first-order valence-corrected chi connectivity index (χ1v) is 3.26. The standard InChI is InChI=1S/C6H4.CH4N2S/c1-2-6-4-3-5(1)6;2-1(3)4/h1-4H;(H4,2,3,4). The molecule has 0 aliphatic heterocycles. The molecular formula is C7H8N2S. The third-order valence-corrected chi connectivity index (χ3v) is 1.22. The average molecular weight is 152 g/mol. The fourth-order valence-corrected chi connectivity index (χ4v) is 0.663. The second kappa shape index (κ2) is 2.66. The molecule has 10 heavy (non-hydrogen) atoms. The van der Waals surface area contributed by atoms with E-state index in [1.807, 2.05) is 0 Å². The highest BCUT2D eigenvalue weighted by Gasteiger charge is 2.03. The topological polar surface area (TPSA) is 52.0 Å². The summed E-state index contributed by atoms with van der Waals surface area (Å²) in [6.07, 6.45) is 0. The Morgan fingerprint density at radius 1 is 1.00 bits per heavy atom. The second-order valence-electron chi connectivity index (χ2n) is 1.98. The Kier molecular flexibility index (Phi) is 1.87. The van der Waals surface area contributed by atoms with Crippen molar-refractivity contribution in [3.05, 3.63) is 24.3 Å². The maximum atomic E-state index is 4.62. The molecule has 0 aromatic carbocycles. The molecule has 2 nitrogen and oxygen atoms in total. The van der Waals surface area contributed by atoms with Crippen LogP contribution in [0.4, 0.5) is 0 Å². The minimum atomic E-state index is 0.000000000000000222. The van der Waals surface area contributed by atoms with Crippen LogP contribution in [-0.2, 0) is 0 Å². The van der Waals surface area contributed by atoms with E-state index in [9.17, 15) is 0 Å². The van der Waals surface area contributed by atoms with Crippen LogP contribution in [0.15, 0.2) is 24.3 Å². The van der Waals surface area contributed by atoms with Gasteiger partial charge in [-0.3, -0.25) is 0 Å². The fourth-order valence-electron chi connectivity index (χ4n) is 0.663. The maximum Gasteiger partial charge on any atom is 0.160 e. The van der Waals surface area contributed by atoms with Crippen molar-refractivity contribution < 1.29 is 0 Å². The maximum absolute atomic E-state index is 4.62. The number of hydrogen-bond acceptors (Lipinski definition) is 1. The Labute approximate surface area is 64.8 Å². The van der Waals surface area contributed by atoms with Gasteiger partial charge in [-0.15, -0.1) is 0 Å². The molecule has 0 bridgehead atoms. The van der Waals surface area contributed by atoms with Crippen LogP contribution in [0.5, 0.6) is 0 Å². The molecule has 2 rings (SSSR count). The van der Waals surface area contributed by atoms with Gasteiger partial charge >= 0.3 is 0 Å². The summed E-state index contributed by atoms with van der Waals surface area (Å²) in [6, 6.07) is 8.48. The Hall–Kier alpha value is -1.09. The number of thiocarbonyl (C=S) groups is 1. The van der Waals surface area contributed by atoms with Crippen LogP contribution in [-0.4, -0.2) is 5.11 Å². The first kappa shape index (κ1) is 7.02. The van der Waals surface area contributed by atoms with Gasteiger partial charge in [-0.25, -0.2) is 0 Å². The van der Waals surface area contributed by atoms with E-state index in [1.54, 1.807) is 0 Å². The summed E-state index contributed by atoms with van der Waals surface area (Å²) in [7, 11) is 0. The molecule has 0 spiro atoms. The molecule has 3 heteroatoms. The molecule has 0 fully saturated rings. The molecular weight excluding hydrogens is 144 g/mol. The SMILES string of the molecule is NC(N)=S.c1cc2ccc1-2. The molecule has 0 aromatic rings. The van der Waals surface area contributed by atoms with Crippen LogP contribution >= 0.6 is 12.2 Å². The van der Waals surface area contributed by atoms with Crippen molar-refractivity contribution in [3.63, 3.8) is 0 Å². The van der Waals surface area contributed by atoms with Gasteiger partial charge in [-0.05, 0) is 23.3 Å². The molecule has 0 atom stereocenters. The predicted octanol–water partition coefficient (Wildman–Crippen LogP) is 0.856. The lowest BCUT2D eigenvalue weighted by Gasteiger charge is -2.10. The highest BCUT2D eigenvalue weighted by atomic mass is 32.1. The zero-order chi connectivity index (χ0) is 7.56. The molecule has 4 N–H and O–H groups in total. The van der Waals surface area contributed by atoms with Crippen molar-refractivity contribution in [1.82, 2.24) is 0 Å². The lowest BCUT2D eigenvalue weighted by molar-refractivity contribution is 1.55. The number of rotatable bonds is 0. The number of benzene rings is 1. The van der Waals surface area contributed by atoms with Gasteiger partial charge in [0.15, 0.2) is 5.11 Å². The molecule has 0 heterocycles. The highest BCUT2D eigenvalue weighted by molar-refractivity contribution is 7.80. The number of fused-ring (bicyclic) bond motifs is 1. The van der Waals surface area contributed by atoms with Crippen LogP contribution < -0.4 is 11.5 Å². The van der Waals surface area contributed by atoms with E-state index in [1.165, 1.54) is 11.1 Å².